The fourth-order valence-electron chi connectivity index (χ4n) is 3.50. The molecule has 1 amide bonds. The standard InChI is InChI=1S/C16H24F2N4O2/c1-20-14(15(17)18)9-13(19-20)16(23)22-4-2-3-12(11-22)10-21-5-7-24-8-6-21/h9,12,15H,2-8,10-11H2,1H3/t12-/m0/s1. The molecule has 3 rings (SSSR count). The number of halogens is 2. The van der Waals surface area contributed by atoms with Gasteiger partial charge in [-0.1, -0.05) is 0 Å². The number of carbonyl (C=O) groups excluding carboxylic acids is 1. The van der Waals surface area contributed by atoms with Gasteiger partial charge in [-0.25, -0.2) is 8.78 Å². The molecule has 2 aliphatic heterocycles. The minimum Gasteiger partial charge on any atom is -0.379 e. The topological polar surface area (TPSA) is 50.6 Å². The maximum absolute atomic E-state index is 12.9. The lowest BCUT2D eigenvalue weighted by Crippen LogP contribution is -2.46. The van der Waals surface area contributed by atoms with Crippen LogP contribution in [0.5, 0.6) is 0 Å². The highest BCUT2D eigenvalue weighted by atomic mass is 19.3. The van der Waals surface area contributed by atoms with Crippen LogP contribution in [-0.4, -0.2) is 71.4 Å². The predicted molar refractivity (Wildman–Crippen MR) is 84.1 cm³/mol. The molecule has 0 bridgehead atoms. The largest absolute Gasteiger partial charge is 0.379 e. The highest BCUT2D eigenvalue weighted by Crippen LogP contribution is 2.22. The second kappa shape index (κ2) is 7.57. The SMILES string of the molecule is Cn1nc(C(=O)N2CCC[C@@H](CN3CCOCC3)C2)cc1C(F)F. The first-order chi connectivity index (χ1) is 11.5. The van der Waals surface area contributed by atoms with Gasteiger partial charge in [0, 0.05) is 39.8 Å². The molecule has 24 heavy (non-hydrogen) atoms. The number of aryl methyl sites for hydroxylation is 1. The van der Waals surface area contributed by atoms with E-state index in [4.69, 9.17) is 4.74 Å². The number of alkyl halides is 2. The summed E-state index contributed by atoms with van der Waals surface area (Å²) in [6, 6.07) is 1.21. The van der Waals surface area contributed by atoms with Crippen molar-refractivity contribution in [2.75, 3.05) is 45.9 Å². The Labute approximate surface area is 140 Å². The van der Waals surface area contributed by atoms with Gasteiger partial charge in [-0.05, 0) is 24.8 Å². The lowest BCUT2D eigenvalue weighted by molar-refractivity contribution is 0.0223. The second-order valence-corrected chi connectivity index (χ2v) is 6.55. The van der Waals surface area contributed by atoms with Crippen molar-refractivity contribution >= 4 is 5.91 Å². The summed E-state index contributed by atoms with van der Waals surface area (Å²) < 4.78 is 32.2. The molecule has 1 atom stereocenters. The van der Waals surface area contributed by atoms with Gasteiger partial charge in [0.25, 0.3) is 12.3 Å². The van der Waals surface area contributed by atoms with Crippen molar-refractivity contribution in [2.24, 2.45) is 13.0 Å². The number of aromatic nitrogens is 2. The number of ether oxygens (including phenoxy) is 1. The van der Waals surface area contributed by atoms with Crippen molar-refractivity contribution in [1.29, 1.82) is 0 Å². The Bertz CT molecular complexity index is 572. The zero-order chi connectivity index (χ0) is 17.1. The van der Waals surface area contributed by atoms with Crippen LogP contribution in [0.2, 0.25) is 0 Å². The summed E-state index contributed by atoms with van der Waals surface area (Å²) in [5.41, 5.74) is -0.111. The molecule has 2 aliphatic rings. The van der Waals surface area contributed by atoms with E-state index in [2.05, 4.69) is 10.00 Å². The minimum absolute atomic E-state index is 0.111. The highest BCUT2D eigenvalue weighted by Gasteiger charge is 2.28. The number of hydrogen-bond acceptors (Lipinski definition) is 4. The Kier molecular flexibility index (Phi) is 5.45. The van der Waals surface area contributed by atoms with Crippen LogP contribution in [0.4, 0.5) is 8.78 Å². The van der Waals surface area contributed by atoms with Crippen LogP contribution in [0, 0.1) is 5.92 Å². The predicted octanol–water partition coefficient (Wildman–Crippen LogP) is 1.54. The summed E-state index contributed by atoms with van der Waals surface area (Å²) in [6.45, 7) is 5.68. The van der Waals surface area contributed by atoms with E-state index in [9.17, 15) is 13.6 Å². The van der Waals surface area contributed by atoms with E-state index in [1.54, 1.807) is 4.90 Å². The maximum atomic E-state index is 12.9. The Morgan fingerprint density at radius 2 is 2.12 bits per heavy atom. The first kappa shape index (κ1) is 17.3. The number of hydrogen-bond donors (Lipinski definition) is 0. The number of carbonyl (C=O) groups is 1. The first-order valence-electron chi connectivity index (χ1n) is 8.46. The van der Waals surface area contributed by atoms with Gasteiger partial charge in [0.1, 0.15) is 5.69 Å². The van der Waals surface area contributed by atoms with E-state index >= 15 is 0 Å². The molecule has 0 spiro atoms. The molecule has 134 valence electrons. The second-order valence-electron chi connectivity index (χ2n) is 6.55. The Balaban J connectivity index is 1.61. The van der Waals surface area contributed by atoms with Crippen molar-refractivity contribution < 1.29 is 18.3 Å². The normalized spacial score (nSPS) is 23.0. The molecular weight excluding hydrogens is 318 g/mol. The van der Waals surface area contributed by atoms with Crippen LogP contribution < -0.4 is 0 Å². The van der Waals surface area contributed by atoms with Gasteiger partial charge < -0.3 is 9.64 Å². The van der Waals surface area contributed by atoms with Gasteiger partial charge in [0.15, 0.2) is 5.69 Å². The van der Waals surface area contributed by atoms with E-state index in [1.165, 1.54) is 13.1 Å². The van der Waals surface area contributed by atoms with Gasteiger partial charge in [0.2, 0.25) is 0 Å². The monoisotopic (exact) mass is 342 g/mol. The molecule has 0 aliphatic carbocycles. The zero-order valence-electron chi connectivity index (χ0n) is 14.0. The summed E-state index contributed by atoms with van der Waals surface area (Å²) in [7, 11) is 1.44. The van der Waals surface area contributed by atoms with Crippen molar-refractivity contribution in [3.05, 3.63) is 17.5 Å². The molecule has 0 unspecified atom stereocenters. The molecule has 6 nitrogen and oxygen atoms in total. The number of rotatable bonds is 4. The molecule has 2 fully saturated rings. The Morgan fingerprint density at radius 3 is 2.79 bits per heavy atom. The molecule has 1 aromatic rings. The lowest BCUT2D eigenvalue weighted by Gasteiger charge is -2.36. The fourth-order valence-corrected chi connectivity index (χ4v) is 3.50. The molecule has 0 aromatic carbocycles. The summed E-state index contributed by atoms with van der Waals surface area (Å²) in [4.78, 5) is 16.7. The molecule has 0 radical (unpaired) electrons. The van der Waals surface area contributed by atoms with Gasteiger partial charge in [-0.15, -0.1) is 0 Å². The third-order valence-corrected chi connectivity index (χ3v) is 4.79. The van der Waals surface area contributed by atoms with Crippen molar-refractivity contribution in [3.8, 4) is 0 Å². The number of morpholine rings is 1. The average molecular weight is 342 g/mol. The van der Waals surface area contributed by atoms with Crippen molar-refractivity contribution in [1.82, 2.24) is 19.6 Å². The molecule has 0 N–H and O–H groups in total. The third kappa shape index (κ3) is 3.92. The summed E-state index contributed by atoms with van der Waals surface area (Å²) in [6.07, 6.45) is -0.597. The lowest BCUT2D eigenvalue weighted by atomic mass is 9.97. The average Bonchev–Trinajstić information content (AvgIpc) is 2.97. The molecule has 2 saturated heterocycles. The maximum Gasteiger partial charge on any atom is 0.280 e. The van der Waals surface area contributed by atoms with Gasteiger partial charge in [-0.3, -0.25) is 14.4 Å². The quantitative estimate of drug-likeness (QED) is 0.833. The summed E-state index contributed by atoms with van der Waals surface area (Å²) in [5.74, 6) is 0.170. The van der Waals surface area contributed by atoms with Crippen LogP contribution in [0.15, 0.2) is 6.07 Å². The van der Waals surface area contributed by atoms with Crippen molar-refractivity contribution in [3.63, 3.8) is 0 Å². The van der Waals surface area contributed by atoms with E-state index in [1.807, 2.05) is 0 Å². The van der Waals surface area contributed by atoms with Gasteiger partial charge >= 0.3 is 0 Å². The van der Waals surface area contributed by atoms with Crippen molar-refractivity contribution in [2.45, 2.75) is 19.3 Å². The number of likely N-dealkylation sites (tertiary alicyclic amines) is 1. The smallest absolute Gasteiger partial charge is 0.280 e. The molecule has 3 heterocycles. The summed E-state index contributed by atoms with van der Waals surface area (Å²) >= 11 is 0. The number of amides is 1. The molecule has 0 saturated carbocycles. The molecule has 8 heteroatoms. The molecule has 1 aromatic heterocycles. The van der Waals surface area contributed by atoms with E-state index in [0.717, 1.165) is 50.4 Å². The van der Waals surface area contributed by atoms with Crippen LogP contribution in [-0.2, 0) is 11.8 Å². The van der Waals surface area contributed by atoms with Crippen LogP contribution in [0.25, 0.3) is 0 Å². The number of nitrogens with zero attached hydrogens (tertiary/aromatic N) is 4. The third-order valence-electron chi connectivity index (χ3n) is 4.79. The van der Waals surface area contributed by atoms with E-state index in [0.29, 0.717) is 19.0 Å². The first-order valence-corrected chi connectivity index (χ1v) is 8.46. The van der Waals surface area contributed by atoms with Gasteiger partial charge in [-0.2, -0.15) is 5.10 Å². The Morgan fingerprint density at radius 1 is 1.38 bits per heavy atom. The van der Waals surface area contributed by atoms with Crippen LogP contribution in [0.1, 0.15) is 35.4 Å². The minimum atomic E-state index is -2.63. The fraction of sp³-hybridized carbons (Fsp3) is 0.750. The Hall–Kier alpha value is -1.54. The van der Waals surface area contributed by atoms with Crippen LogP contribution >= 0.6 is 0 Å². The zero-order valence-corrected chi connectivity index (χ0v) is 14.0. The van der Waals surface area contributed by atoms with E-state index in [-0.39, 0.29) is 17.3 Å². The van der Waals surface area contributed by atoms with Crippen LogP contribution in [0.3, 0.4) is 0 Å². The number of piperidine rings is 1. The van der Waals surface area contributed by atoms with E-state index < -0.39 is 6.43 Å². The molecular formula is C16H24F2N4O2. The summed E-state index contributed by atoms with van der Waals surface area (Å²) in [5, 5.41) is 3.97. The highest BCUT2D eigenvalue weighted by molar-refractivity contribution is 5.92. The van der Waals surface area contributed by atoms with Gasteiger partial charge in [0.05, 0.1) is 13.2 Å².